The molecule has 29 heavy (non-hydrogen) atoms. The third-order valence-corrected chi connectivity index (χ3v) is 5.80. The largest absolute Gasteiger partial charge is 0.477 e. The number of aliphatic hydroxyl groups is 2. The Morgan fingerprint density at radius 3 is 2.66 bits per heavy atom. The summed E-state index contributed by atoms with van der Waals surface area (Å²) in [5, 5.41) is 27.2. The van der Waals surface area contributed by atoms with Crippen molar-refractivity contribution in [1.29, 1.82) is 0 Å². The molecule has 3 N–H and O–H groups in total. The Morgan fingerprint density at radius 1 is 1.24 bits per heavy atom. The zero-order valence-corrected chi connectivity index (χ0v) is 17.8. The third kappa shape index (κ3) is 9.55. The van der Waals surface area contributed by atoms with Gasteiger partial charge in [-0.15, -0.1) is 6.58 Å². The van der Waals surface area contributed by atoms with Gasteiger partial charge in [-0.25, -0.2) is 4.79 Å². The summed E-state index contributed by atoms with van der Waals surface area (Å²) in [4.78, 5) is 22.9. The minimum absolute atomic E-state index is 0.0401. The molecule has 1 saturated carbocycles. The van der Waals surface area contributed by atoms with Crippen LogP contribution in [0, 0.1) is 17.8 Å². The maximum atomic E-state index is 12.2. The summed E-state index contributed by atoms with van der Waals surface area (Å²) in [5.41, 5.74) is 0. The van der Waals surface area contributed by atoms with E-state index in [1.807, 2.05) is 12.2 Å². The Kier molecular flexibility index (Phi) is 11.8. The highest BCUT2D eigenvalue weighted by Gasteiger charge is 2.33. The van der Waals surface area contributed by atoms with Crippen LogP contribution in [-0.2, 0) is 9.59 Å². The van der Waals surface area contributed by atoms with Crippen molar-refractivity contribution in [3.8, 4) is 0 Å². The lowest BCUT2D eigenvalue weighted by molar-refractivity contribution is -0.205. The summed E-state index contributed by atoms with van der Waals surface area (Å²) in [6.45, 7) is 6.17. The van der Waals surface area contributed by atoms with Crippen LogP contribution >= 0.6 is 0 Å². The molecule has 0 aromatic carbocycles. The van der Waals surface area contributed by atoms with Gasteiger partial charge in [-0.3, -0.25) is 4.79 Å². The first kappa shape index (κ1) is 25.3. The van der Waals surface area contributed by atoms with E-state index in [0.29, 0.717) is 18.8 Å². The molecule has 3 atom stereocenters. The molecule has 1 fully saturated rings. The third-order valence-electron chi connectivity index (χ3n) is 5.80. The molecule has 0 spiro atoms. The highest BCUT2D eigenvalue weighted by Crippen LogP contribution is 2.33. The average molecular weight is 407 g/mol. The first-order chi connectivity index (χ1) is 13.8. The predicted molar refractivity (Wildman–Crippen MR) is 115 cm³/mol. The smallest absolute Gasteiger partial charge is 0.364 e. The predicted octanol–water partition coefficient (Wildman–Crippen LogP) is 4.79. The number of carboxylic acids is 1. The molecule has 0 aromatic heterocycles. The lowest BCUT2D eigenvalue weighted by Crippen LogP contribution is -2.37. The fraction of sp³-hybridized carbons (Fsp3) is 0.667. The van der Waals surface area contributed by atoms with E-state index in [2.05, 4.69) is 25.7 Å². The Hall–Kier alpha value is -1.72. The molecule has 0 radical (unpaired) electrons. The number of carboxylic acid groups (broad SMARTS) is 1. The molecule has 0 bridgehead atoms. The fourth-order valence-corrected chi connectivity index (χ4v) is 3.82. The van der Waals surface area contributed by atoms with E-state index in [9.17, 15) is 19.8 Å². The standard InChI is InChI=1S/C24H38O5/c1-3-5-6-8-12-19(4-2)13-11-14-20-16-17-22(25)21(20)15-9-7-10-18-24(28,29)23(26)27/h4,7,9,11,14,19-21,28-29H,2-3,5-6,8,10,12-13,15-18H2,1H3,(H,26,27)/b9-7-,14-11+/t19-,20+,21-/m1/s1. The van der Waals surface area contributed by atoms with Crippen LogP contribution in [0.5, 0.6) is 0 Å². The fourth-order valence-electron chi connectivity index (χ4n) is 3.82. The van der Waals surface area contributed by atoms with Crippen molar-refractivity contribution in [2.75, 3.05) is 0 Å². The summed E-state index contributed by atoms with van der Waals surface area (Å²) >= 11 is 0. The number of Topliss-reactive ketones (excluding diaryl/α,β-unsaturated/α-hetero) is 1. The van der Waals surface area contributed by atoms with Gasteiger partial charge in [0, 0.05) is 18.8 Å². The molecule has 1 aliphatic rings. The van der Waals surface area contributed by atoms with Crippen molar-refractivity contribution in [2.24, 2.45) is 17.8 Å². The Morgan fingerprint density at radius 2 is 2.00 bits per heavy atom. The molecule has 0 aliphatic heterocycles. The van der Waals surface area contributed by atoms with E-state index >= 15 is 0 Å². The molecule has 0 saturated heterocycles. The van der Waals surface area contributed by atoms with E-state index in [0.717, 1.165) is 19.3 Å². The van der Waals surface area contributed by atoms with Gasteiger partial charge in [-0.2, -0.15) is 0 Å². The van der Waals surface area contributed by atoms with Crippen LogP contribution in [0.15, 0.2) is 37.0 Å². The SMILES string of the molecule is C=C[C@@H](C/C=C/[C@H]1CCC(=O)[C@@H]1C/C=C\CCC(O)(O)C(=O)O)CCCCCC. The van der Waals surface area contributed by atoms with Gasteiger partial charge in [0.1, 0.15) is 5.78 Å². The lowest BCUT2D eigenvalue weighted by Gasteiger charge is -2.15. The number of rotatable bonds is 15. The van der Waals surface area contributed by atoms with Crippen molar-refractivity contribution in [3.63, 3.8) is 0 Å². The number of ketones is 1. The quantitative estimate of drug-likeness (QED) is 0.206. The van der Waals surface area contributed by atoms with E-state index in [1.54, 1.807) is 6.08 Å². The van der Waals surface area contributed by atoms with Crippen LogP contribution in [0.2, 0.25) is 0 Å². The van der Waals surface area contributed by atoms with Crippen molar-refractivity contribution in [2.45, 2.75) is 83.3 Å². The first-order valence-corrected chi connectivity index (χ1v) is 11.0. The van der Waals surface area contributed by atoms with Gasteiger partial charge < -0.3 is 15.3 Å². The molecular formula is C24H38O5. The summed E-state index contributed by atoms with van der Waals surface area (Å²) in [5.74, 6) is -3.38. The van der Waals surface area contributed by atoms with Gasteiger partial charge in [-0.05, 0) is 43.9 Å². The molecule has 164 valence electrons. The molecule has 0 aromatic rings. The van der Waals surface area contributed by atoms with Crippen LogP contribution in [0.1, 0.15) is 77.6 Å². The lowest BCUT2D eigenvalue weighted by atomic mass is 9.90. The number of carbonyl (C=O) groups excluding carboxylic acids is 1. The van der Waals surface area contributed by atoms with Gasteiger partial charge in [0.05, 0.1) is 0 Å². The number of aliphatic carboxylic acids is 1. The monoisotopic (exact) mass is 406 g/mol. The summed E-state index contributed by atoms with van der Waals surface area (Å²) < 4.78 is 0. The van der Waals surface area contributed by atoms with Crippen LogP contribution < -0.4 is 0 Å². The van der Waals surface area contributed by atoms with Crippen molar-refractivity contribution < 1.29 is 24.9 Å². The topological polar surface area (TPSA) is 94.8 Å². The molecule has 1 rings (SSSR count). The van der Waals surface area contributed by atoms with Crippen LogP contribution in [0.25, 0.3) is 0 Å². The molecule has 1 aliphatic carbocycles. The van der Waals surface area contributed by atoms with Gasteiger partial charge >= 0.3 is 5.97 Å². The van der Waals surface area contributed by atoms with Gasteiger partial charge in [0.2, 0.25) is 0 Å². The maximum absolute atomic E-state index is 12.2. The van der Waals surface area contributed by atoms with E-state index < -0.39 is 11.8 Å². The van der Waals surface area contributed by atoms with Crippen LogP contribution in [0.3, 0.4) is 0 Å². The van der Waals surface area contributed by atoms with Crippen molar-refractivity contribution in [3.05, 3.63) is 37.0 Å². The minimum atomic E-state index is -2.70. The molecular weight excluding hydrogens is 368 g/mol. The summed E-state index contributed by atoms with van der Waals surface area (Å²) in [6.07, 6.45) is 19.2. The van der Waals surface area contributed by atoms with Gasteiger partial charge in [-0.1, -0.05) is 63.0 Å². The molecule has 5 heteroatoms. The molecule has 0 unspecified atom stereocenters. The second kappa shape index (κ2) is 13.5. The number of allylic oxidation sites excluding steroid dienone is 5. The molecule has 0 heterocycles. The average Bonchev–Trinajstić information content (AvgIpc) is 3.03. The van der Waals surface area contributed by atoms with Crippen LogP contribution in [-0.4, -0.2) is 32.9 Å². The highest BCUT2D eigenvalue weighted by atomic mass is 16.5. The number of unbranched alkanes of at least 4 members (excludes halogenated alkanes) is 3. The number of carbonyl (C=O) groups is 2. The van der Waals surface area contributed by atoms with E-state index in [-0.39, 0.29) is 30.5 Å². The Balaban J connectivity index is 2.44. The van der Waals surface area contributed by atoms with Crippen molar-refractivity contribution >= 4 is 11.8 Å². The molecule has 0 amide bonds. The van der Waals surface area contributed by atoms with Crippen molar-refractivity contribution in [1.82, 2.24) is 0 Å². The Labute approximate surface area is 175 Å². The summed E-state index contributed by atoms with van der Waals surface area (Å²) in [7, 11) is 0. The Bertz CT molecular complexity index is 576. The second-order valence-electron chi connectivity index (χ2n) is 8.15. The maximum Gasteiger partial charge on any atom is 0.364 e. The zero-order chi connectivity index (χ0) is 21.7. The number of hydrogen-bond donors (Lipinski definition) is 3. The van der Waals surface area contributed by atoms with Gasteiger partial charge in [0.15, 0.2) is 0 Å². The van der Waals surface area contributed by atoms with Gasteiger partial charge in [0.25, 0.3) is 5.79 Å². The van der Waals surface area contributed by atoms with Crippen LogP contribution in [0.4, 0.5) is 0 Å². The number of hydrogen-bond acceptors (Lipinski definition) is 4. The minimum Gasteiger partial charge on any atom is -0.477 e. The summed E-state index contributed by atoms with van der Waals surface area (Å²) in [6, 6.07) is 0. The zero-order valence-electron chi connectivity index (χ0n) is 17.8. The molecule has 5 nitrogen and oxygen atoms in total. The highest BCUT2D eigenvalue weighted by molar-refractivity contribution is 5.83. The first-order valence-electron chi connectivity index (χ1n) is 11.0. The van der Waals surface area contributed by atoms with E-state index in [4.69, 9.17) is 5.11 Å². The second-order valence-corrected chi connectivity index (χ2v) is 8.15. The normalized spacial score (nSPS) is 21.3. The van der Waals surface area contributed by atoms with E-state index in [1.165, 1.54) is 25.7 Å².